The van der Waals surface area contributed by atoms with Crippen molar-refractivity contribution in [1.82, 2.24) is 15.2 Å². The summed E-state index contributed by atoms with van der Waals surface area (Å²) in [6.07, 6.45) is 6.64. The van der Waals surface area contributed by atoms with Crippen LogP contribution >= 0.6 is 0 Å². The maximum atomic E-state index is 15.1. The summed E-state index contributed by atoms with van der Waals surface area (Å²) < 4.78 is 27.5. The molecule has 1 amide bonds. The second kappa shape index (κ2) is 14.3. The number of halogens is 1. The molecule has 8 heteroatoms. The lowest BCUT2D eigenvalue weighted by atomic mass is 9.98. The zero-order valence-corrected chi connectivity index (χ0v) is 24.8. The smallest absolute Gasteiger partial charge is 0.267 e. The van der Waals surface area contributed by atoms with Crippen LogP contribution in [0.5, 0.6) is 17.2 Å². The summed E-state index contributed by atoms with van der Waals surface area (Å²) in [5.74, 6) is 1.62. The summed E-state index contributed by atoms with van der Waals surface area (Å²) in [5, 5.41) is 6.50. The minimum Gasteiger partial charge on any atom is -0.493 e. The standard InChI is InChI=1S/C33H43FN4O3/c1-6-7-25-18-27-29(20-32(25)40-21-24-12-16-38(5)17-13-24)35-15-11-30(27)41-31-9-8-26(19-28(31)34)37-23(4)33(39)36-14-10-22(2)3/h8-9,11,15,18-20,22,24,37H,4,6-7,10,12-14,16-17,21H2,1-3,5H3,(H,36,39). The minimum absolute atomic E-state index is 0.0784. The number of aryl methyl sites for hydroxylation is 1. The number of fused-ring (bicyclic) bond motifs is 1. The van der Waals surface area contributed by atoms with Crippen LogP contribution in [0.3, 0.4) is 0 Å². The number of carbonyl (C=O) groups is 1. The molecule has 0 unspecified atom stereocenters. The molecule has 2 aromatic carbocycles. The molecule has 0 spiro atoms. The topological polar surface area (TPSA) is 75.7 Å². The summed E-state index contributed by atoms with van der Waals surface area (Å²) in [4.78, 5) is 19.2. The van der Waals surface area contributed by atoms with Gasteiger partial charge in [-0.15, -0.1) is 0 Å². The lowest BCUT2D eigenvalue weighted by Gasteiger charge is -2.29. The first-order valence-electron chi connectivity index (χ1n) is 14.7. The molecule has 1 aliphatic rings. The van der Waals surface area contributed by atoms with Gasteiger partial charge in [-0.3, -0.25) is 9.78 Å². The third-order valence-corrected chi connectivity index (χ3v) is 7.44. The molecule has 0 bridgehead atoms. The Balaban J connectivity index is 1.46. The van der Waals surface area contributed by atoms with Crippen LogP contribution in [0.4, 0.5) is 10.1 Å². The molecule has 220 valence electrons. The normalized spacial score (nSPS) is 14.3. The number of rotatable bonds is 13. The monoisotopic (exact) mass is 562 g/mol. The maximum absolute atomic E-state index is 15.1. The van der Waals surface area contributed by atoms with Crippen molar-refractivity contribution in [2.45, 2.75) is 52.9 Å². The Morgan fingerprint density at radius 2 is 1.93 bits per heavy atom. The van der Waals surface area contributed by atoms with Gasteiger partial charge >= 0.3 is 0 Å². The fourth-order valence-electron chi connectivity index (χ4n) is 4.91. The van der Waals surface area contributed by atoms with Crippen LogP contribution < -0.4 is 20.1 Å². The average molecular weight is 563 g/mol. The lowest BCUT2D eigenvalue weighted by molar-refractivity contribution is -0.117. The number of amides is 1. The molecule has 0 aliphatic carbocycles. The van der Waals surface area contributed by atoms with Crippen molar-refractivity contribution < 1.29 is 18.7 Å². The number of benzene rings is 2. The fourth-order valence-corrected chi connectivity index (χ4v) is 4.91. The first kappa shape index (κ1) is 30.3. The number of piperidine rings is 1. The number of hydrogen-bond acceptors (Lipinski definition) is 6. The number of ether oxygens (including phenoxy) is 2. The largest absolute Gasteiger partial charge is 0.493 e. The first-order chi connectivity index (χ1) is 19.7. The van der Waals surface area contributed by atoms with E-state index in [0.717, 1.165) is 67.4 Å². The van der Waals surface area contributed by atoms with Gasteiger partial charge in [0, 0.05) is 35.9 Å². The number of carbonyl (C=O) groups excluding carboxylic acids is 1. The molecular weight excluding hydrogens is 519 g/mol. The molecule has 0 atom stereocenters. The molecule has 2 N–H and O–H groups in total. The van der Waals surface area contributed by atoms with Crippen LogP contribution in [0.1, 0.15) is 52.0 Å². The molecule has 2 heterocycles. The van der Waals surface area contributed by atoms with Crippen LogP contribution in [0, 0.1) is 17.7 Å². The van der Waals surface area contributed by atoms with Crippen molar-refractivity contribution in [1.29, 1.82) is 0 Å². The molecule has 3 aromatic rings. The number of likely N-dealkylation sites (tertiary alicyclic amines) is 1. The van der Waals surface area contributed by atoms with Crippen LogP contribution in [0.2, 0.25) is 0 Å². The van der Waals surface area contributed by atoms with Gasteiger partial charge in [0.1, 0.15) is 11.5 Å². The van der Waals surface area contributed by atoms with E-state index in [2.05, 4.69) is 61.0 Å². The van der Waals surface area contributed by atoms with Gasteiger partial charge in [-0.1, -0.05) is 33.8 Å². The van der Waals surface area contributed by atoms with Crippen LogP contribution in [0.25, 0.3) is 10.9 Å². The fraction of sp³-hybridized carbons (Fsp3) is 0.455. The predicted octanol–water partition coefficient (Wildman–Crippen LogP) is 6.93. The number of nitrogens with zero attached hydrogens (tertiary/aromatic N) is 2. The van der Waals surface area contributed by atoms with E-state index in [9.17, 15) is 4.79 Å². The summed E-state index contributed by atoms with van der Waals surface area (Å²) in [6.45, 7) is 13.6. The predicted molar refractivity (Wildman–Crippen MR) is 163 cm³/mol. The third-order valence-electron chi connectivity index (χ3n) is 7.44. The Kier molecular flexibility index (Phi) is 10.6. The Hall–Kier alpha value is -3.65. The van der Waals surface area contributed by atoms with Gasteiger partial charge in [-0.25, -0.2) is 4.39 Å². The van der Waals surface area contributed by atoms with E-state index >= 15 is 4.39 Å². The number of anilines is 1. The van der Waals surface area contributed by atoms with Crippen molar-refractivity contribution in [3.63, 3.8) is 0 Å². The Morgan fingerprint density at radius 1 is 1.15 bits per heavy atom. The number of aromatic nitrogens is 1. The summed E-state index contributed by atoms with van der Waals surface area (Å²) in [5.41, 5.74) is 2.39. The minimum atomic E-state index is -0.556. The highest BCUT2D eigenvalue weighted by molar-refractivity contribution is 5.95. The van der Waals surface area contributed by atoms with Crippen molar-refractivity contribution in [2.24, 2.45) is 11.8 Å². The van der Waals surface area contributed by atoms with E-state index in [-0.39, 0.29) is 17.4 Å². The zero-order valence-electron chi connectivity index (χ0n) is 24.8. The molecule has 0 radical (unpaired) electrons. The summed E-state index contributed by atoms with van der Waals surface area (Å²) in [7, 11) is 2.16. The highest BCUT2D eigenvalue weighted by atomic mass is 19.1. The highest BCUT2D eigenvalue weighted by Gasteiger charge is 2.19. The highest BCUT2D eigenvalue weighted by Crippen LogP contribution is 2.35. The average Bonchev–Trinajstić information content (AvgIpc) is 2.94. The third kappa shape index (κ3) is 8.43. The molecule has 1 fully saturated rings. The molecule has 1 aliphatic heterocycles. The van der Waals surface area contributed by atoms with Gasteiger partial charge < -0.3 is 25.0 Å². The molecular formula is C33H43FN4O3. The van der Waals surface area contributed by atoms with E-state index < -0.39 is 5.82 Å². The molecule has 1 aromatic heterocycles. The van der Waals surface area contributed by atoms with E-state index in [4.69, 9.17) is 9.47 Å². The van der Waals surface area contributed by atoms with Gasteiger partial charge in [-0.2, -0.15) is 0 Å². The number of hydrogen-bond donors (Lipinski definition) is 2. The van der Waals surface area contributed by atoms with Crippen LogP contribution in [-0.2, 0) is 11.2 Å². The Bertz CT molecular complexity index is 1350. The summed E-state index contributed by atoms with van der Waals surface area (Å²) in [6, 6.07) is 10.3. The van der Waals surface area contributed by atoms with Crippen LogP contribution in [0.15, 0.2) is 54.9 Å². The van der Waals surface area contributed by atoms with Crippen molar-refractivity contribution >= 4 is 22.5 Å². The number of pyridine rings is 1. The van der Waals surface area contributed by atoms with Gasteiger partial charge in [0.15, 0.2) is 11.6 Å². The Morgan fingerprint density at radius 3 is 2.63 bits per heavy atom. The number of nitrogens with one attached hydrogen (secondary N) is 2. The maximum Gasteiger partial charge on any atom is 0.267 e. The van der Waals surface area contributed by atoms with E-state index in [0.29, 0.717) is 36.4 Å². The van der Waals surface area contributed by atoms with Crippen molar-refractivity contribution in [3.8, 4) is 17.2 Å². The molecule has 41 heavy (non-hydrogen) atoms. The lowest BCUT2D eigenvalue weighted by Crippen LogP contribution is -2.32. The van der Waals surface area contributed by atoms with Crippen molar-refractivity contribution in [2.75, 3.05) is 38.6 Å². The SMILES string of the molecule is C=C(Nc1ccc(Oc2ccnc3cc(OCC4CCN(C)CC4)c(CCC)cc23)c(F)c1)C(=O)NCCC(C)C. The second-order valence-corrected chi connectivity index (χ2v) is 11.4. The van der Waals surface area contributed by atoms with E-state index in [1.165, 1.54) is 6.07 Å². The van der Waals surface area contributed by atoms with Gasteiger partial charge in [0.2, 0.25) is 0 Å². The second-order valence-electron chi connectivity index (χ2n) is 11.4. The molecule has 4 rings (SSSR count). The molecule has 0 saturated carbocycles. The summed E-state index contributed by atoms with van der Waals surface area (Å²) >= 11 is 0. The van der Waals surface area contributed by atoms with Gasteiger partial charge in [-0.05, 0) is 87.5 Å². The quantitative estimate of drug-likeness (QED) is 0.220. The molecule has 1 saturated heterocycles. The first-order valence-corrected chi connectivity index (χ1v) is 14.7. The molecule has 7 nitrogen and oxygen atoms in total. The van der Waals surface area contributed by atoms with Crippen LogP contribution in [-0.4, -0.2) is 49.1 Å². The van der Waals surface area contributed by atoms with E-state index in [1.54, 1.807) is 24.4 Å². The zero-order chi connectivity index (χ0) is 29.4. The van der Waals surface area contributed by atoms with Gasteiger partial charge in [0.25, 0.3) is 5.91 Å². The van der Waals surface area contributed by atoms with Crippen molar-refractivity contribution in [3.05, 3.63) is 66.3 Å². The van der Waals surface area contributed by atoms with E-state index in [1.807, 2.05) is 6.07 Å². The Labute approximate surface area is 243 Å². The van der Waals surface area contributed by atoms with Gasteiger partial charge in [0.05, 0.1) is 17.8 Å².